The number of sulfonamides is 1. The number of hydrogen-bond donors (Lipinski definition) is 0. The Bertz CT molecular complexity index is 988. The summed E-state index contributed by atoms with van der Waals surface area (Å²) in [5, 5.41) is 0. The Kier molecular flexibility index (Phi) is 6.65. The summed E-state index contributed by atoms with van der Waals surface area (Å²) in [5.41, 5.74) is 0.821. The lowest BCUT2D eigenvalue weighted by molar-refractivity contribution is 0.341. The molecule has 5 nitrogen and oxygen atoms in total. The minimum absolute atomic E-state index is 0.180. The first-order valence-electron chi connectivity index (χ1n) is 8.16. The SMILES string of the molecule is CCCN(C(C)c1ccccc1Br)S(=O)(=O)c1ccccc1S(C)(=O)=O. The molecule has 0 aliphatic rings. The average molecular weight is 460 g/mol. The van der Waals surface area contributed by atoms with E-state index in [2.05, 4.69) is 15.9 Å². The summed E-state index contributed by atoms with van der Waals surface area (Å²) in [4.78, 5) is -0.365. The molecule has 2 aromatic carbocycles. The van der Waals surface area contributed by atoms with Gasteiger partial charge in [0, 0.05) is 23.3 Å². The van der Waals surface area contributed by atoms with Gasteiger partial charge in [0.25, 0.3) is 0 Å². The van der Waals surface area contributed by atoms with Crippen LogP contribution in [0.5, 0.6) is 0 Å². The molecule has 142 valence electrons. The van der Waals surface area contributed by atoms with Crippen molar-refractivity contribution in [2.75, 3.05) is 12.8 Å². The van der Waals surface area contributed by atoms with Crippen molar-refractivity contribution in [2.24, 2.45) is 0 Å². The van der Waals surface area contributed by atoms with E-state index < -0.39 is 25.9 Å². The van der Waals surface area contributed by atoms with Crippen LogP contribution < -0.4 is 0 Å². The lowest BCUT2D eigenvalue weighted by atomic mass is 10.1. The third-order valence-corrected chi connectivity index (χ3v) is 8.10. The smallest absolute Gasteiger partial charge is 0.224 e. The van der Waals surface area contributed by atoms with Crippen molar-refractivity contribution >= 4 is 35.8 Å². The Morgan fingerprint density at radius 3 is 2.04 bits per heavy atom. The Labute approximate surface area is 164 Å². The van der Waals surface area contributed by atoms with Gasteiger partial charge in [-0.3, -0.25) is 0 Å². The molecule has 0 radical (unpaired) electrons. The molecule has 1 unspecified atom stereocenters. The summed E-state index contributed by atoms with van der Waals surface area (Å²) >= 11 is 3.47. The zero-order valence-corrected chi connectivity index (χ0v) is 18.1. The highest BCUT2D eigenvalue weighted by molar-refractivity contribution is 9.10. The fraction of sp³-hybridized carbons (Fsp3) is 0.333. The van der Waals surface area contributed by atoms with Crippen LogP contribution in [-0.4, -0.2) is 33.9 Å². The third-order valence-electron chi connectivity index (χ3n) is 4.07. The molecule has 0 bridgehead atoms. The second-order valence-electron chi connectivity index (χ2n) is 6.03. The van der Waals surface area contributed by atoms with E-state index in [-0.39, 0.29) is 16.3 Å². The van der Waals surface area contributed by atoms with Gasteiger partial charge in [-0.25, -0.2) is 16.8 Å². The first-order valence-corrected chi connectivity index (χ1v) is 12.3. The number of halogens is 1. The minimum Gasteiger partial charge on any atom is -0.224 e. The molecule has 0 saturated heterocycles. The monoisotopic (exact) mass is 459 g/mol. The molecule has 0 aliphatic carbocycles. The Morgan fingerprint density at radius 1 is 0.962 bits per heavy atom. The van der Waals surface area contributed by atoms with Gasteiger partial charge in [0.15, 0.2) is 9.84 Å². The van der Waals surface area contributed by atoms with Gasteiger partial charge in [-0.15, -0.1) is 0 Å². The molecule has 0 aromatic heterocycles. The molecule has 2 aromatic rings. The highest BCUT2D eigenvalue weighted by atomic mass is 79.9. The second-order valence-corrected chi connectivity index (χ2v) is 10.7. The minimum atomic E-state index is -4.01. The fourth-order valence-corrected chi connectivity index (χ4v) is 6.73. The molecule has 0 aliphatic heterocycles. The van der Waals surface area contributed by atoms with Gasteiger partial charge in [-0.05, 0) is 37.1 Å². The van der Waals surface area contributed by atoms with E-state index in [1.54, 1.807) is 6.92 Å². The van der Waals surface area contributed by atoms with E-state index in [9.17, 15) is 16.8 Å². The van der Waals surface area contributed by atoms with Crippen molar-refractivity contribution < 1.29 is 16.8 Å². The van der Waals surface area contributed by atoms with E-state index in [1.165, 1.54) is 28.6 Å². The highest BCUT2D eigenvalue weighted by Crippen LogP contribution is 2.33. The van der Waals surface area contributed by atoms with E-state index in [4.69, 9.17) is 0 Å². The molecule has 0 amide bonds. The van der Waals surface area contributed by atoms with E-state index in [1.807, 2.05) is 31.2 Å². The molecule has 0 saturated carbocycles. The Hall–Kier alpha value is -1.22. The van der Waals surface area contributed by atoms with Crippen LogP contribution in [0.15, 0.2) is 62.8 Å². The number of rotatable bonds is 7. The summed E-state index contributed by atoms with van der Waals surface area (Å²) in [6, 6.07) is 12.7. The molecule has 0 N–H and O–H groups in total. The van der Waals surface area contributed by atoms with Crippen LogP contribution in [0.4, 0.5) is 0 Å². The van der Waals surface area contributed by atoms with Gasteiger partial charge in [0.1, 0.15) is 4.90 Å². The van der Waals surface area contributed by atoms with Gasteiger partial charge >= 0.3 is 0 Å². The zero-order chi connectivity index (χ0) is 19.5. The van der Waals surface area contributed by atoms with Crippen molar-refractivity contribution in [3.63, 3.8) is 0 Å². The van der Waals surface area contributed by atoms with Crippen LogP contribution in [0.25, 0.3) is 0 Å². The highest BCUT2D eigenvalue weighted by Gasteiger charge is 2.33. The molecule has 0 spiro atoms. The summed E-state index contributed by atoms with van der Waals surface area (Å²) in [5.74, 6) is 0. The quantitative estimate of drug-likeness (QED) is 0.626. The van der Waals surface area contributed by atoms with Crippen LogP contribution in [0, 0.1) is 0 Å². The third kappa shape index (κ3) is 4.36. The van der Waals surface area contributed by atoms with Crippen LogP contribution in [0.2, 0.25) is 0 Å². The molecular formula is C18H22BrNO4S2. The van der Waals surface area contributed by atoms with Crippen molar-refractivity contribution in [2.45, 2.75) is 36.1 Å². The van der Waals surface area contributed by atoms with Gasteiger partial charge in [-0.2, -0.15) is 4.31 Å². The molecule has 8 heteroatoms. The van der Waals surface area contributed by atoms with Gasteiger partial charge < -0.3 is 0 Å². The van der Waals surface area contributed by atoms with Crippen LogP contribution >= 0.6 is 15.9 Å². The standard InChI is InChI=1S/C18H22BrNO4S2/c1-4-13-20(14(2)15-9-5-6-10-16(15)19)26(23,24)18-12-8-7-11-17(18)25(3,21)22/h5-12,14H,4,13H2,1-3H3. The van der Waals surface area contributed by atoms with Gasteiger partial charge in [0.05, 0.1) is 4.90 Å². The van der Waals surface area contributed by atoms with E-state index in [0.29, 0.717) is 6.42 Å². The van der Waals surface area contributed by atoms with Crippen molar-refractivity contribution in [1.29, 1.82) is 0 Å². The fourth-order valence-electron chi connectivity index (χ4n) is 2.81. The second kappa shape index (κ2) is 8.21. The number of sulfone groups is 1. The Balaban J connectivity index is 2.62. The molecule has 26 heavy (non-hydrogen) atoms. The summed E-state index contributed by atoms with van der Waals surface area (Å²) < 4.78 is 53.1. The largest absolute Gasteiger partial charge is 0.244 e. The number of benzene rings is 2. The number of nitrogens with zero attached hydrogens (tertiary/aromatic N) is 1. The van der Waals surface area contributed by atoms with Gasteiger partial charge in [-0.1, -0.05) is 53.2 Å². The maximum Gasteiger partial charge on any atom is 0.244 e. The maximum atomic E-state index is 13.4. The maximum absolute atomic E-state index is 13.4. The summed E-state index contributed by atoms with van der Waals surface area (Å²) in [6.07, 6.45) is 1.62. The topological polar surface area (TPSA) is 71.5 Å². The Morgan fingerprint density at radius 2 is 1.50 bits per heavy atom. The first kappa shape index (κ1) is 21.1. The summed E-state index contributed by atoms with van der Waals surface area (Å²) in [6.45, 7) is 3.97. The summed E-state index contributed by atoms with van der Waals surface area (Å²) in [7, 11) is -7.69. The lowest BCUT2D eigenvalue weighted by Crippen LogP contribution is -2.35. The molecule has 2 rings (SSSR count). The lowest BCUT2D eigenvalue weighted by Gasteiger charge is -2.29. The van der Waals surface area contributed by atoms with Gasteiger partial charge in [0.2, 0.25) is 10.0 Å². The molecule has 1 atom stereocenters. The predicted octanol–water partition coefficient (Wildman–Crippen LogP) is 4.01. The van der Waals surface area contributed by atoms with Crippen LogP contribution in [-0.2, 0) is 19.9 Å². The average Bonchev–Trinajstić information content (AvgIpc) is 2.58. The number of hydrogen-bond acceptors (Lipinski definition) is 4. The van der Waals surface area contributed by atoms with E-state index >= 15 is 0 Å². The normalized spacial score (nSPS) is 13.7. The van der Waals surface area contributed by atoms with Crippen LogP contribution in [0.3, 0.4) is 0 Å². The zero-order valence-electron chi connectivity index (χ0n) is 14.9. The molecular weight excluding hydrogens is 438 g/mol. The van der Waals surface area contributed by atoms with Crippen molar-refractivity contribution in [3.8, 4) is 0 Å². The first-order chi connectivity index (χ1) is 12.1. The predicted molar refractivity (Wildman–Crippen MR) is 106 cm³/mol. The van der Waals surface area contributed by atoms with Crippen molar-refractivity contribution in [3.05, 3.63) is 58.6 Å². The van der Waals surface area contributed by atoms with Crippen LogP contribution in [0.1, 0.15) is 31.9 Å². The molecule has 0 fully saturated rings. The molecule has 0 heterocycles. The van der Waals surface area contributed by atoms with Crippen molar-refractivity contribution in [1.82, 2.24) is 4.31 Å². The van der Waals surface area contributed by atoms with E-state index in [0.717, 1.165) is 16.3 Å².